The van der Waals surface area contributed by atoms with Crippen LogP contribution in [-0.2, 0) is 17.1 Å². The van der Waals surface area contributed by atoms with Gasteiger partial charge in [0.25, 0.3) is 0 Å². The first kappa shape index (κ1) is 16.1. The van der Waals surface area contributed by atoms with E-state index in [4.69, 9.17) is 19.2 Å². The van der Waals surface area contributed by atoms with E-state index in [1.54, 1.807) is 0 Å². The smallest absolute Gasteiger partial charge is 0.894 e. The van der Waals surface area contributed by atoms with E-state index in [2.05, 4.69) is 0 Å². The van der Waals surface area contributed by atoms with Crippen LogP contribution in [0.2, 0.25) is 0 Å². The first-order valence-corrected chi connectivity index (χ1v) is 2.45. The van der Waals surface area contributed by atoms with Crippen molar-refractivity contribution < 1.29 is 87.6 Å². The van der Waals surface area contributed by atoms with Crippen molar-refractivity contribution in [1.29, 1.82) is 0 Å². The summed E-state index contributed by atoms with van der Waals surface area (Å²) < 4.78 is 0. The van der Waals surface area contributed by atoms with Gasteiger partial charge in [-0.1, -0.05) is 0 Å². The third kappa shape index (κ3) is 64.7. The first-order valence-electron chi connectivity index (χ1n) is 0.816. The Kier molecular flexibility index (Phi) is 14.6. The SMILES string of the molecule is [Fe+3].[K+].[O-][Si]([O-])([O-])[O-]. The van der Waals surface area contributed by atoms with Crippen LogP contribution in [0.3, 0.4) is 0 Å². The molecule has 0 aliphatic rings. The number of hydrogen-bond acceptors (Lipinski definition) is 4. The minimum absolute atomic E-state index is 0. The molecule has 0 heterocycles. The van der Waals surface area contributed by atoms with Crippen molar-refractivity contribution >= 4 is 9.05 Å². The van der Waals surface area contributed by atoms with Crippen molar-refractivity contribution in [2.24, 2.45) is 0 Å². The van der Waals surface area contributed by atoms with Gasteiger partial charge in [0.05, 0.1) is 0 Å². The molecule has 0 saturated heterocycles. The molecule has 0 atom stereocenters. The Bertz CT molecular complexity index is 27.2. The van der Waals surface area contributed by atoms with Crippen LogP contribution >= 0.6 is 0 Å². The van der Waals surface area contributed by atoms with Crippen LogP contribution in [0.5, 0.6) is 0 Å². The normalized spacial score (nSPS) is 8.57. The van der Waals surface area contributed by atoms with E-state index in [1.165, 1.54) is 0 Å². The topological polar surface area (TPSA) is 92.2 Å². The maximum atomic E-state index is 8.58. The van der Waals surface area contributed by atoms with Gasteiger partial charge in [-0.05, 0) is 0 Å². The van der Waals surface area contributed by atoms with Gasteiger partial charge in [0.1, 0.15) is 0 Å². The molecule has 7 heteroatoms. The Morgan fingerprint density at radius 1 is 0.857 bits per heavy atom. The first-order chi connectivity index (χ1) is 2.00. The van der Waals surface area contributed by atoms with E-state index in [-0.39, 0.29) is 68.5 Å². The Hall–Kier alpha value is 2.21. The molecular formula is FeKO4Si. The van der Waals surface area contributed by atoms with Gasteiger partial charge in [0.15, 0.2) is 0 Å². The van der Waals surface area contributed by atoms with Crippen molar-refractivity contribution in [2.45, 2.75) is 0 Å². The number of rotatable bonds is 0. The van der Waals surface area contributed by atoms with Gasteiger partial charge in [0, 0.05) is 0 Å². The molecule has 0 amide bonds. The van der Waals surface area contributed by atoms with Crippen LogP contribution in [0.4, 0.5) is 0 Å². The third-order valence-corrected chi connectivity index (χ3v) is 0. The average molecular weight is 187 g/mol. The van der Waals surface area contributed by atoms with E-state index in [0.717, 1.165) is 0 Å². The predicted octanol–water partition coefficient (Wildman–Crippen LogP) is -8.14. The Morgan fingerprint density at radius 3 is 0.857 bits per heavy atom. The van der Waals surface area contributed by atoms with Gasteiger partial charge >= 0.3 is 68.5 Å². The van der Waals surface area contributed by atoms with Gasteiger partial charge in [0.2, 0.25) is 0 Å². The molecule has 4 nitrogen and oxygen atoms in total. The molecule has 0 fully saturated rings. The van der Waals surface area contributed by atoms with E-state index < -0.39 is 9.05 Å². The monoisotopic (exact) mass is 187 g/mol. The van der Waals surface area contributed by atoms with Gasteiger partial charge in [-0.25, -0.2) is 0 Å². The van der Waals surface area contributed by atoms with Crippen LogP contribution < -0.4 is 70.6 Å². The van der Waals surface area contributed by atoms with Crippen LogP contribution in [0.25, 0.3) is 0 Å². The summed E-state index contributed by atoms with van der Waals surface area (Å²) in [6, 6.07) is 0. The van der Waals surface area contributed by atoms with Crippen molar-refractivity contribution in [3.8, 4) is 0 Å². The fraction of sp³-hybridized carbons (Fsp3) is 0. The van der Waals surface area contributed by atoms with Crippen molar-refractivity contribution in [1.82, 2.24) is 0 Å². The second-order valence-corrected chi connectivity index (χ2v) is 1.50. The maximum absolute atomic E-state index is 8.58. The summed E-state index contributed by atoms with van der Waals surface area (Å²) in [5.74, 6) is 0. The Morgan fingerprint density at radius 2 is 0.857 bits per heavy atom. The molecule has 0 rings (SSSR count). The largest absolute Gasteiger partial charge is 3.00 e. The molecule has 0 aliphatic heterocycles. The molecule has 0 aromatic heterocycles. The third-order valence-electron chi connectivity index (χ3n) is 0. The molecule has 0 aromatic rings. The van der Waals surface area contributed by atoms with E-state index in [1.807, 2.05) is 0 Å². The molecule has 0 unspecified atom stereocenters. The number of hydrogen-bond donors (Lipinski definition) is 0. The summed E-state index contributed by atoms with van der Waals surface area (Å²) in [5, 5.41) is 0. The second kappa shape index (κ2) is 6.33. The molecular weight excluding hydrogens is 187 g/mol. The van der Waals surface area contributed by atoms with Crippen LogP contribution in [0.15, 0.2) is 0 Å². The summed E-state index contributed by atoms with van der Waals surface area (Å²) in [4.78, 5) is 34.3. The predicted molar refractivity (Wildman–Crippen MR) is 5.75 cm³/mol. The Balaban J connectivity index is -0.0000000800. The van der Waals surface area contributed by atoms with Gasteiger partial charge in [-0.2, -0.15) is 0 Å². The molecule has 0 aromatic carbocycles. The van der Waals surface area contributed by atoms with Crippen molar-refractivity contribution in [2.75, 3.05) is 0 Å². The summed E-state index contributed by atoms with van der Waals surface area (Å²) in [6.07, 6.45) is 0. The van der Waals surface area contributed by atoms with Gasteiger partial charge in [-0.15, -0.1) is 0 Å². The van der Waals surface area contributed by atoms with E-state index >= 15 is 0 Å². The van der Waals surface area contributed by atoms with E-state index in [0.29, 0.717) is 0 Å². The molecule has 37 valence electrons. The average Bonchev–Trinajstić information content (AvgIpc) is 0.722. The standard InChI is InChI=1S/Fe.K.O4Si/c;;1-5(2,3)4/q+3;+1;-4. The molecule has 0 bridgehead atoms. The summed E-state index contributed by atoms with van der Waals surface area (Å²) in [6.45, 7) is 0. The molecule has 0 spiro atoms. The molecule has 7 heavy (non-hydrogen) atoms. The second-order valence-electron chi connectivity index (χ2n) is 0.500. The van der Waals surface area contributed by atoms with E-state index in [9.17, 15) is 0 Å². The fourth-order valence-corrected chi connectivity index (χ4v) is 0. The summed E-state index contributed by atoms with van der Waals surface area (Å²) in [7, 11) is -5.61. The quantitative estimate of drug-likeness (QED) is 0.352. The summed E-state index contributed by atoms with van der Waals surface area (Å²) in [5.41, 5.74) is 0. The van der Waals surface area contributed by atoms with Gasteiger partial charge < -0.3 is 28.2 Å². The molecule has 0 saturated carbocycles. The molecule has 0 N–H and O–H groups in total. The molecule has 0 aliphatic carbocycles. The van der Waals surface area contributed by atoms with Crippen molar-refractivity contribution in [3.63, 3.8) is 0 Å². The fourth-order valence-electron chi connectivity index (χ4n) is 0. The zero-order valence-electron chi connectivity index (χ0n) is 3.49. The minimum Gasteiger partial charge on any atom is -0.894 e. The van der Waals surface area contributed by atoms with Crippen LogP contribution in [0.1, 0.15) is 0 Å². The minimum atomic E-state index is -5.61. The zero-order valence-corrected chi connectivity index (χ0v) is 8.71. The Labute approximate surface area is 94.9 Å². The van der Waals surface area contributed by atoms with Crippen molar-refractivity contribution in [3.05, 3.63) is 0 Å². The summed E-state index contributed by atoms with van der Waals surface area (Å²) >= 11 is 0. The van der Waals surface area contributed by atoms with Crippen LogP contribution in [-0.4, -0.2) is 9.05 Å². The zero-order chi connectivity index (χ0) is 4.50. The molecule has 1 radical (unpaired) electrons. The van der Waals surface area contributed by atoms with Gasteiger partial charge in [-0.3, -0.25) is 0 Å². The maximum Gasteiger partial charge on any atom is 3.00 e. The van der Waals surface area contributed by atoms with Crippen LogP contribution in [0, 0.1) is 0 Å².